The number of benzene rings is 2. The van der Waals surface area contributed by atoms with Gasteiger partial charge in [-0.05, 0) is 85.6 Å². The summed E-state index contributed by atoms with van der Waals surface area (Å²) in [5, 5.41) is 0.776. The molecule has 0 saturated heterocycles. The highest BCUT2D eigenvalue weighted by Gasteiger charge is 2.19. The minimum absolute atomic E-state index is 0.233. The Morgan fingerprint density at radius 2 is 1.50 bits per heavy atom. The van der Waals surface area contributed by atoms with Crippen molar-refractivity contribution < 1.29 is 4.39 Å². The second kappa shape index (κ2) is 9.92. The highest BCUT2D eigenvalue weighted by atomic mass is 35.5. The lowest BCUT2D eigenvalue weighted by Gasteiger charge is -2.26. The maximum atomic E-state index is 12.2. The van der Waals surface area contributed by atoms with Crippen molar-refractivity contribution in [3.8, 4) is 11.1 Å². The molecule has 0 unspecified atom stereocenters. The van der Waals surface area contributed by atoms with Crippen LogP contribution in [0.1, 0.15) is 44.1 Å². The predicted octanol–water partition coefficient (Wildman–Crippen LogP) is 7.66. The van der Waals surface area contributed by atoms with Crippen LogP contribution in [0.25, 0.3) is 11.1 Å². The molecule has 1 aliphatic carbocycles. The Hall–Kier alpha value is -1.60. The van der Waals surface area contributed by atoms with E-state index in [0.29, 0.717) is 12.3 Å². The second-order valence-corrected chi connectivity index (χ2v) is 7.87. The van der Waals surface area contributed by atoms with Gasteiger partial charge in [-0.1, -0.05) is 60.2 Å². The van der Waals surface area contributed by atoms with Crippen LogP contribution in [0.3, 0.4) is 0 Å². The van der Waals surface area contributed by atoms with E-state index >= 15 is 0 Å². The van der Waals surface area contributed by atoms with Crippen LogP contribution in [0.15, 0.2) is 60.7 Å². The molecular formula is C24H28ClF. The maximum Gasteiger partial charge on any atom is 0.0928 e. The zero-order valence-corrected chi connectivity index (χ0v) is 16.1. The van der Waals surface area contributed by atoms with Gasteiger partial charge in [0.25, 0.3) is 0 Å². The lowest BCUT2D eigenvalue weighted by Crippen LogP contribution is -2.13. The average Bonchev–Trinajstić information content (AvgIpc) is 2.69. The van der Waals surface area contributed by atoms with Crippen LogP contribution in [-0.4, -0.2) is 6.67 Å². The Morgan fingerprint density at radius 1 is 0.885 bits per heavy atom. The van der Waals surface area contributed by atoms with Crippen molar-refractivity contribution in [1.82, 2.24) is 0 Å². The van der Waals surface area contributed by atoms with Crippen LogP contribution in [0.5, 0.6) is 0 Å². The molecule has 2 aromatic rings. The molecule has 0 atom stereocenters. The summed E-state index contributed by atoms with van der Waals surface area (Å²) in [4.78, 5) is 0. The Morgan fingerprint density at radius 3 is 2.12 bits per heavy atom. The first-order valence-electron chi connectivity index (χ1n) is 9.82. The first-order chi connectivity index (χ1) is 12.7. The summed E-state index contributed by atoms with van der Waals surface area (Å²) in [7, 11) is 0. The fourth-order valence-corrected chi connectivity index (χ4v) is 4.02. The van der Waals surface area contributed by atoms with Crippen molar-refractivity contribution in [3.63, 3.8) is 0 Å². The molecule has 2 heteroatoms. The summed E-state index contributed by atoms with van der Waals surface area (Å²) in [5.41, 5.74) is 3.87. The summed E-state index contributed by atoms with van der Waals surface area (Å²) in [6.07, 6.45) is 12.4. The van der Waals surface area contributed by atoms with Crippen molar-refractivity contribution in [2.45, 2.75) is 44.9 Å². The number of hydrogen-bond donors (Lipinski definition) is 0. The van der Waals surface area contributed by atoms with Gasteiger partial charge in [-0.25, -0.2) is 0 Å². The third kappa shape index (κ3) is 5.71. The molecule has 1 fully saturated rings. The average molecular weight is 371 g/mol. The summed E-state index contributed by atoms with van der Waals surface area (Å²) < 4.78 is 12.2. The summed E-state index contributed by atoms with van der Waals surface area (Å²) >= 11 is 5.96. The van der Waals surface area contributed by atoms with Crippen LogP contribution in [-0.2, 0) is 6.42 Å². The van der Waals surface area contributed by atoms with E-state index in [-0.39, 0.29) is 6.67 Å². The quantitative estimate of drug-likeness (QED) is 0.439. The standard InChI is InChI=1S/C24H28ClF/c25-24-16-14-23(15-17-24)22-12-10-21(11-13-22)9-8-20-6-4-19(5-7-20)3-1-2-18-26/h1,3,10-17,19-20H,2,4-9,18H2/b3-1+. The fourth-order valence-electron chi connectivity index (χ4n) is 3.90. The van der Waals surface area contributed by atoms with Crippen molar-refractivity contribution in [2.24, 2.45) is 11.8 Å². The molecule has 0 radical (unpaired) electrons. The number of aryl methyl sites for hydroxylation is 1. The van der Waals surface area contributed by atoms with E-state index in [9.17, 15) is 4.39 Å². The van der Waals surface area contributed by atoms with E-state index in [1.807, 2.05) is 18.2 Å². The van der Waals surface area contributed by atoms with Gasteiger partial charge in [-0.2, -0.15) is 0 Å². The minimum Gasteiger partial charge on any atom is -0.251 e. The highest BCUT2D eigenvalue weighted by molar-refractivity contribution is 6.30. The SMILES string of the molecule is FCC/C=C/C1CCC(CCc2ccc(-c3ccc(Cl)cc3)cc2)CC1. The van der Waals surface area contributed by atoms with Gasteiger partial charge in [0.1, 0.15) is 0 Å². The van der Waals surface area contributed by atoms with E-state index in [0.717, 1.165) is 17.4 Å². The Kier molecular flexibility index (Phi) is 7.32. The molecule has 0 bridgehead atoms. The summed E-state index contributed by atoms with van der Waals surface area (Å²) in [6.45, 7) is -0.233. The largest absolute Gasteiger partial charge is 0.251 e. The van der Waals surface area contributed by atoms with Crippen molar-refractivity contribution >= 4 is 11.6 Å². The third-order valence-electron chi connectivity index (χ3n) is 5.55. The maximum absolute atomic E-state index is 12.2. The van der Waals surface area contributed by atoms with E-state index in [4.69, 9.17) is 11.6 Å². The normalized spacial score (nSPS) is 20.5. The van der Waals surface area contributed by atoms with Gasteiger partial charge >= 0.3 is 0 Å². The van der Waals surface area contributed by atoms with Crippen LogP contribution >= 0.6 is 11.6 Å². The molecule has 2 aromatic carbocycles. The second-order valence-electron chi connectivity index (χ2n) is 7.43. The van der Waals surface area contributed by atoms with E-state index < -0.39 is 0 Å². The molecule has 0 N–H and O–H groups in total. The van der Waals surface area contributed by atoms with Crippen LogP contribution in [0.4, 0.5) is 4.39 Å². The monoisotopic (exact) mass is 370 g/mol. The Balaban J connectivity index is 1.45. The number of hydrogen-bond acceptors (Lipinski definition) is 0. The summed E-state index contributed by atoms with van der Waals surface area (Å²) in [5.74, 6) is 1.52. The van der Waals surface area contributed by atoms with Gasteiger partial charge in [0.05, 0.1) is 6.67 Å². The van der Waals surface area contributed by atoms with Gasteiger partial charge in [0, 0.05) is 5.02 Å². The Labute approximate surface area is 162 Å². The molecule has 0 heterocycles. The van der Waals surface area contributed by atoms with E-state index in [2.05, 4.69) is 42.5 Å². The zero-order chi connectivity index (χ0) is 18.2. The van der Waals surface area contributed by atoms with Gasteiger partial charge < -0.3 is 0 Å². The van der Waals surface area contributed by atoms with Gasteiger partial charge in [-0.3, -0.25) is 4.39 Å². The fraction of sp³-hybridized carbons (Fsp3) is 0.417. The molecule has 0 nitrogen and oxygen atoms in total. The van der Waals surface area contributed by atoms with E-state index in [1.165, 1.54) is 48.8 Å². The van der Waals surface area contributed by atoms with Gasteiger partial charge in [0.2, 0.25) is 0 Å². The predicted molar refractivity (Wildman–Crippen MR) is 110 cm³/mol. The molecule has 138 valence electrons. The molecular weight excluding hydrogens is 343 g/mol. The molecule has 0 spiro atoms. The van der Waals surface area contributed by atoms with Crippen LogP contribution in [0.2, 0.25) is 5.02 Å². The molecule has 3 rings (SSSR count). The number of alkyl halides is 1. The molecule has 0 aliphatic heterocycles. The highest BCUT2D eigenvalue weighted by Crippen LogP contribution is 2.32. The first-order valence-corrected chi connectivity index (χ1v) is 10.2. The lowest BCUT2D eigenvalue weighted by molar-refractivity contribution is 0.296. The van der Waals surface area contributed by atoms with Crippen LogP contribution in [0, 0.1) is 11.8 Å². The topological polar surface area (TPSA) is 0 Å². The number of allylic oxidation sites excluding steroid dienone is 2. The number of halogens is 2. The lowest BCUT2D eigenvalue weighted by atomic mass is 9.79. The van der Waals surface area contributed by atoms with Crippen molar-refractivity contribution in [1.29, 1.82) is 0 Å². The molecule has 1 aliphatic rings. The molecule has 1 saturated carbocycles. The van der Waals surface area contributed by atoms with Gasteiger partial charge in [-0.15, -0.1) is 0 Å². The molecule has 0 aromatic heterocycles. The van der Waals surface area contributed by atoms with Crippen LogP contribution < -0.4 is 0 Å². The van der Waals surface area contributed by atoms with Gasteiger partial charge in [0.15, 0.2) is 0 Å². The minimum atomic E-state index is -0.233. The van der Waals surface area contributed by atoms with E-state index in [1.54, 1.807) is 0 Å². The molecule has 26 heavy (non-hydrogen) atoms. The van der Waals surface area contributed by atoms with Crippen molar-refractivity contribution in [3.05, 3.63) is 71.3 Å². The first kappa shape index (κ1) is 19.2. The smallest absolute Gasteiger partial charge is 0.0928 e. The zero-order valence-electron chi connectivity index (χ0n) is 15.3. The van der Waals surface area contributed by atoms with Crippen molar-refractivity contribution in [2.75, 3.05) is 6.67 Å². The summed E-state index contributed by atoms with van der Waals surface area (Å²) in [6, 6.07) is 17.0. The Bertz CT molecular complexity index is 679. The number of rotatable bonds is 7. The third-order valence-corrected chi connectivity index (χ3v) is 5.80. The molecule has 0 amide bonds.